The van der Waals surface area contributed by atoms with E-state index in [0.717, 1.165) is 13.1 Å². The fraction of sp³-hybridized carbons (Fsp3) is 0.294. The quantitative estimate of drug-likeness (QED) is 0.779. The van der Waals surface area contributed by atoms with E-state index in [1.54, 1.807) is 0 Å². The first-order chi connectivity index (χ1) is 9.70. The summed E-state index contributed by atoms with van der Waals surface area (Å²) in [6.07, 6.45) is 2.36. The minimum Gasteiger partial charge on any atom is -0.398 e. The number of halogens is 1. The fourth-order valence-corrected chi connectivity index (χ4v) is 2.38. The zero-order valence-electron chi connectivity index (χ0n) is 11.8. The van der Waals surface area contributed by atoms with Crippen LogP contribution in [-0.4, -0.2) is 6.54 Å². The molecule has 2 rings (SSSR count). The van der Waals surface area contributed by atoms with E-state index in [1.165, 1.54) is 24.1 Å². The van der Waals surface area contributed by atoms with Gasteiger partial charge in [-0.15, -0.1) is 0 Å². The Morgan fingerprint density at radius 2 is 1.85 bits per heavy atom. The van der Waals surface area contributed by atoms with Crippen molar-refractivity contribution >= 4 is 23.0 Å². The molecule has 20 heavy (non-hydrogen) atoms. The normalized spacial score (nSPS) is 10.5. The highest BCUT2D eigenvalue weighted by Crippen LogP contribution is 2.23. The van der Waals surface area contributed by atoms with Crippen molar-refractivity contribution in [2.24, 2.45) is 0 Å². The van der Waals surface area contributed by atoms with Gasteiger partial charge in [0.2, 0.25) is 0 Å². The molecule has 3 heteroatoms. The average molecular weight is 289 g/mol. The predicted octanol–water partition coefficient (Wildman–Crippen LogP) is 4.73. The van der Waals surface area contributed by atoms with Crippen LogP contribution < -0.4 is 10.6 Å². The lowest BCUT2D eigenvalue weighted by atomic mass is 10.1. The van der Waals surface area contributed by atoms with E-state index in [2.05, 4.69) is 36.1 Å². The molecule has 0 saturated carbocycles. The largest absolute Gasteiger partial charge is 0.398 e. The molecule has 0 amide bonds. The Labute approximate surface area is 126 Å². The number of para-hydroxylation sites is 1. The molecule has 0 aromatic heterocycles. The maximum Gasteiger partial charge on any atom is 0.0638 e. The van der Waals surface area contributed by atoms with Crippen LogP contribution in [0.1, 0.15) is 25.3 Å². The number of hydrogen-bond donors (Lipinski definition) is 1. The van der Waals surface area contributed by atoms with Crippen molar-refractivity contribution in [3.8, 4) is 0 Å². The van der Waals surface area contributed by atoms with Gasteiger partial charge in [-0.2, -0.15) is 0 Å². The third kappa shape index (κ3) is 3.91. The van der Waals surface area contributed by atoms with Crippen molar-refractivity contribution in [2.45, 2.75) is 26.3 Å². The molecule has 0 aliphatic rings. The van der Waals surface area contributed by atoms with Gasteiger partial charge in [-0.1, -0.05) is 49.2 Å². The average Bonchev–Trinajstić information content (AvgIpc) is 2.48. The molecule has 0 bridgehead atoms. The summed E-state index contributed by atoms with van der Waals surface area (Å²) in [5.41, 5.74) is 8.83. The zero-order chi connectivity index (χ0) is 14.4. The molecule has 0 unspecified atom stereocenters. The maximum atomic E-state index is 6.10. The van der Waals surface area contributed by atoms with E-state index >= 15 is 0 Å². The molecule has 0 fully saturated rings. The molecule has 2 N–H and O–H groups in total. The van der Waals surface area contributed by atoms with E-state index < -0.39 is 0 Å². The van der Waals surface area contributed by atoms with Crippen molar-refractivity contribution in [1.29, 1.82) is 0 Å². The molecule has 2 nitrogen and oxygen atoms in total. The first-order valence-corrected chi connectivity index (χ1v) is 7.42. The van der Waals surface area contributed by atoms with Crippen LogP contribution in [0.5, 0.6) is 0 Å². The first-order valence-electron chi connectivity index (χ1n) is 7.04. The molecule has 0 aliphatic heterocycles. The number of nitrogens with zero attached hydrogens (tertiary/aromatic N) is 1. The van der Waals surface area contributed by atoms with Crippen LogP contribution in [0.2, 0.25) is 5.02 Å². The van der Waals surface area contributed by atoms with Gasteiger partial charge in [-0.05, 0) is 36.2 Å². The molecule has 0 radical (unpaired) electrons. The van der Waals surface area contributed by atoms with Gasteiger partial charge in [0.25, 0.3) is 0 Å². The van der Waals surface area contributed by atoms with Crippen molar-refractivity contribution in [2.75, 3.05) is 17.2 Å². The summed E-state index contributed by atoms with van der Waals surface area (Å²) in [5.74, 6) is 0. The topological polar surface area (TPSA) is 29.3 Å². The minimum absolute atomic E-state index is 0.631. The first kappa shape index (κ1) is 14.7. The van der Waals surface area contributed by atoms with Crippen molar-refractivity contribution in [1.82, 2.24) is 0 Å². The van der Waals surface area contributed by atoms with Crippen LogP contribution in [-0.2, 0) is 6.54 Å². The highest BCUT2D eigenvalue weighted by molar-refractivity contribution is 6.33. The Hall–Kier alpha value is -1.67. The SMILES string of the molecule is CCCCN(Cc1ccc(N)c(Cl)c1)c1ccccc1. The lowest BCUT2D eigenvalue weighted by molar-refractivity contribution is 0.716. The second kappa shape index (κ2) is 7.20. The summed E-state index contributed by atoms with van der Waals surface area (Å²) < 4.78 is 0. The molecule has 0 spiro atoms. The fourth-order valence-electron chi connectivity index (χ4n) is 2.18. The zero-order valence-corrected chi connectivity index (χ0v) is 12.6. The third-order valence-corrected chi connectivity index (χ3v) is 3.67. The molecule has 0 heterocycles. The Morgan fingerprint density at radius 3 is 2.50 bits per heavy atom. The van der Waals surface area contributed by atoms with E-state index in [0.29, 0.717) is 10.7 Å². The Kier molecular flexibility index (Phi) is 5.31. The number of nitrogen functional groups attached to an aromatic ring is 1. The maximum absolute atomic E-state index is 6.10. The number of rotatable bonds is 6. The molecule has 0 saturated heterocycles. The van der Waals surface area contributed by atoms with Crippen molar-refractivity contribution in [3.63, 3.8) is 0 Å². The second-order valence-corrected chi connectivity index (χ2v) is 5.37. The molecule has 2 aromatic carbocycles. The van der Waals surface area contributed by atoms with Crippen LogP contribution in [0.25, 0.3) is 0 Å². The second-order valence-electron chi connectivity index (χ2n) is 4.97. The molecule has 0 aliphatic carbocycles. The number of nitrogens with two attached hydrogens (primary N) is 1. The summed E-state index contributed by atoms with van der Waals surface area (Å²) in [4.78, 5) is 2.38. The molecule has 106 valence electrons. The Balaban J connectivity index is 2.17. The van der Waals surface area contributed by atoms with Gasteiger partial charge in [-0.25, -0.2) is 0 Å². The number of anilines is 2. The predicted molar refractivity (Wildman–Crippen MR) is 88.3 cm³/mol. The van der Waals surface area contributed by atoms with E-state index in [4.69, 9.17) is 17.3 Å². The van der Waals surface area contributed by atoms with Gasteiger partial charge in [0.15, 0.2) is 0 Å². The van der Waals surface area contributed by atoms with Crippen molar-refractivity contribution < 1.29 is 0 Å². The third-order valence-electron chi connectivity index (χ3n) is 3.34. The summed E-state index contributed by atoms with van der Waals surface area (Å²) in [7, 11) is 0. The van der Waals surface area contributed by atoms with E-state index in [1.807, 2.05) is 24.3 Å². The smallest absolute Gasteiger partial charge is 0.0638 e. The van der Waals surface area contributed by atoms with Crippen LogP contribution >= 0.6 is 11.6 Å². The monoisotopic (exact) mass is 288 g/mol. The standard InChI is InChI=1S/C17H21ClN2/c1-2-3-11-20(15-7-5-4-6-8-15)13-14-9-10-17(19)16(18)12-14/h4-10,12H,2-3,11,13,19H2,1H3. The number of unbranched alkanes of at least 4 members (excludes halogenated alkanes) is 1. The van der Waals surface area contributed by atoms with Gasteiger partial charge >= 0.3 is 0 Å². The number of benzene rings is 2. The Bertz CT molecular complexity index is 540. The van der Waals surface area contributed by atoms with Gasteiger partial charge in [0.1, 0.15) is 0 Å². The van der Waals surface area contributed by atoms with E-state index in [9.17, 15) is 0 Å². The van der Waals surface area contributed by atoms with Gasteiger partial charge in [0, 0.05) is 18.8 Å². The highest BCUT2D eigenvalue weighted by Gasteiger charge is 2.07. The van der Waals surface area contributed by atoms with Gasteiger partial charge in [0.05, 0.1) is 10.7 Å². The summed E-state index contributed by atoms with van der Waals surface area (Å²) in [5, 5.41) is 0.631. The van der Waals surface area contributed by atoms with E-state index in [-0.39, 0.29) is 0 Å². The van der Waals surface area contributed by atoms with Gasteiger partial charge < -0.3 is 10.6 Å². The molecule has 2 aromatic rings. The number of hydrogen-bond acceptors (Lipinski definition) is 2. The Morgan fingerprint density at radius 1 is 1.10 bits per heavy atom. The lowest BCUT2D eigenvalue weighted by Gasteiger charge is -2.25. The van der Waals surface area contributed by atoms with Crippen LogP contribution in [0, 0.1) is 0 Å². The molecular formula is C17H21ClN2. The minimum atomic E-state index is 0.631. The summed E-state index contributed by atoms with van der Waals surface area (Å²) >= 11 is 6.10. The van der Waals surface area contributed by atoms with Crippen molar-refractivity contribution in [3.05, 3.63) is 59.1 Å². The lowest BCUT2D eigenvalue weighted by Crippen LogP contribution is -2.23. The summed E-state index contributed by atoms with van der Waals surface area (Å²) in [6.45, 7) is 4.11. The molecular weight excluding hydrogens is 268 g/mol. The van der Waals surface area contributed by atoms with Crippen LogP contribution in [0.3, 0.4) is 0 Å². The molecule has 0 atom stereocenters. The van der Waals surface area contributed by atoms with Crippen LogP contribution in [0.4, 0.5) is 11.4 Å². The highest BCUT2D eigenvalue weighted by atomic mass is 35.5. The van der Waals surface area contributed by atoms with Crippen LogP contribution in [0.15, 0.2) is 48.5 Å². The summed E-state index contributed by atoms with van der Waals surface area (Å²) in [6, 6.07) is 16.4. The van der Waals surface area contributed by atoms with Gasteiger partial charge in [-0.3, -0.25) is 0 Å².